The van der Waals surface area contributed by atoms with Crippen molar-refractivity contribution in [3.05, 3.63) is 65.7 Å². The summed E-state index contributed by atoms with van der Waals surface area (Å²) in [7, 11) is 1.59. The lowest BCUT2D eigenvalue weighted by Crippen LogP contribution is -2.41. The number of halogens is 1. The molecular weight excluding hydrogens is 405 g/mol. The van der Waals surface area contributed by atoms with Crippen LogP contribution >= 0.6 is 11.8 Å². The molecule has 4 rings (SSSR count). The largest absolute Gasteiger partial charge is 0.497 e. The molecule has 1 aromatic heterocycles. The molecule has 1 amide bonds. The molecule has 9 heteroatoms. The third-order valence-electron chi connectivity index (χ3n) is 4.82. The van der Waals surface area contributed by atoms with Crippen molar-refractivity contribution in [2.45, 2.75) is 36.2 Å². The van der Waals surface area contributed by atoms with Gasteiger partial charge in [0.05, 0.1) is 13.2 Å². The molecule has 3 aromatic rings. The van der Waals surface area contributed by atoms with Gasteiger partial charge in [0.1, 0.15) is 16.8 Å². The number of aryl methyl sites for hydroxylation is 1. The molecule has 0 radical (unpaired) electrons. The van der Waals surface area contributed by atoms with Gasteiger partial charge in [-0.2, -0.15) is 0 Å². The molecule has 0 spiro atoms. The zero-order chi connectivity index (χ0) is 21.1. The smallest absolute Gasteiger partial charge is 0.240 e. The van der Waals surface area contributed by atoms with Crippen LogP contribution in [-0.4, -0.2) is 33.1 Å². The van der Waals surface area contributed by atoms with E-state index >= 15 is 0 Å². The predicted octanol–water partition coefficient (Wildman–Crippen LogP) is 3.78. The Morgan fingerprint density at radius 2 is 1.93 bits per heavy atom. The second-order valence-corrected chi connectivity index (χ2v) is 8.01. The van der Waals surface area contributed by atoms with Crippen LogP contribution in [0.2, 0.25) is 0 Å². The highest BCUT2D eigenvalue weighted by atomic mass is 32.2. The summed E-state index contributed by atoms with van der Waals surface area (Å²) in [5.74, 6) is 1.01. The predicted molar refractivity (Wildman–Crippen MR) is 114 cm³/mol. The van der Waals surface area contributed by atoms with Crippen molar-refractivity contribution in [3.8, 4) is 5.75 Å². The molecule has 30 heavy (non-hydrogen) atoms. The molecule has 0 unspecified atom stereocenters. The van der Waals surface area contributed by atoms with E-state index in [0.29, 0.717) is 16.6 Å². The number of benzene rings is 2. The average Bonchev–Trinajstić information content (AvgIpc) is 3.16. The number of hydrogen-bond donors (Lipinski definition) is 2. The van der Waals surface area contributed by atoms with Crippen molar-refractivity contribution >= 4 is 23.4 Å². The van der Waals surface area contributed by atoms with Gasteiger partial charge < -0.3 is 15.5 Å². The van der Waals surface area contributed by atoms with Gasteiger partial charge in [0.2, 0.25) is 11.1 Å². The number of carbonyl (C=O) groups excluding carboxylic acids is 1. The quantitative estimate of drug-likeness (QED) is 0.623. The second-order valence-electron chi connectivity index (χ2n) is 6.90. The van der Waals surface area contributed by atoms with Gasteiger partial charge in [-0.3, -0.25) is 4.79 Å². The molecule has 0 saturated carbocycles. The number of rotatable bonds is 6. The Morgan fingerprint density at radius 3 is 2.60 bits per heavy atom. The van der Waals surface area contributed by atoms with Crippen LogP contribution in [0.3, 0.4) is 0 Å². The SMILES string of the molecule is CCCc1nnc2n1N[C@@H](c1ccc(F)cc1)[C@H](C(=O)Nc1ccc(OC)cc1)S2. The number of nitrogens with zero attached hydrogens (tertiary/aromatic N) is 3. The van der Waals surface area contributed by atoms with Gasteiger partial charge in [-0.1, -0.05) is 30.8 Å². The number of aromatic nitrogens is 3. The first kappa shape index (κ1) is 20.2. The zero-order valence-electron chi connectivity index (χ0n) is 16.6. The van der Waals surface area contributed by atoms with Crippen LogP contribution in [0, 0.1) is 5.82 Å². The molecule has 156 valence electrons. The normalized spacial score (nSPS) is 17.7. The summed E-state index contributed by atoms with van der Waals surface area (Å²) in [5, 5.41) is 11.5. The van der Waals surface area contributed by atoms with Gasteiger partial charge >= 0.3 is 0 Å². The summed E-state index contributed by atoms with van der Waals surface area (Å²) in [6, 6.07) is 12.9. The standard InChI is InChI=1S/C21H22FN5O2S/c1-3-4-17-24-25-21-27(17)26-18(13-5-7-14(22)8-6-13)19(30-21)20(28)23-15-9-11-16(29-2)12-10-15/h5-12,18-19,26H,3-4H2,1-2H3,(H,23,28)/t18-,19+/m0/s1. The Bertz CT molecular complexity index is 1020. The summed E-state index contributed by atoms with van der Waals surface area (Å²) in [4.78, 5) is 13.2. The third kappa shape index (κ3) is 4.11. The molecule has 0 bridgehead atoms. The Kier molecular flexibility index (Phi) is 5.89. The van der Waals surface area contributed by atoms with Gasteiger partial charge in [-0.25, -0.2) is 9.07 Å². The molecule has 0 saturated heterocycles. The molecule has 0 aliphatic carbocycles. The number of fused-ring (bicyclic) bond motifs is 1. The molecular formula is C21H22FN5O2S. The minimum Gasteiger partial charge on any atom is -0.497 e. The molecule has 7 nitrogen and oxygen atoms in total. The van der Waals surface area contributed by atoms with Gasteiger partial charge in [0.15, 0.2) is 5.82 Å². The summed E-state index contributed by atoms with van der Waals surface area (Å²) in [6.07, 6.45) is 1.69. The van der Waals surface area contributed by atoms with E-state index in [1.807, 2.05) is 4.68 Å². The number of thioether (sulfide) groups is 1. The number of methoxy groups -OCH3 is 1. The highest BCUT2D eigenvalue weighted by molar-refractivity contribution is 8.00. The number of hydrogen-bond acceptors (Lipinski definition) is 6. The molecule has 2 atom stereocenters. The Hall–Kier alpha value is -3.07. The van der Waals surface area contributed by atoms with Gasteiger partial charge in [-0.05, 0) is 48.4 Å². The van der Waals surface area contributed by atoms with E-state index in [2.05, 4.69) is 27.9 Å². The van der Waals surface area contributed by atoms with Crippen molar-refractivity contribution in [2.24, 2.45) is 0 Å². The van der Waals surface area contributed by atoms with E-state index in [0.717, 1.165) is 24.2 Å². The highest BCUT2D eigenvalue weighted by Crippen LogP contribution is 2.37. The van der Waals surface area contributed by atoms with E-state index < -0.39 is 5.25 Å². The number of anilines is 1. The van der Waals surface area contributed by atoms with Gasteiger partial charge in [0.25, 0.3) is 0 Å². The molecule has 1 aliphatic heterocycles. The molecule has 2 N–H and O–H groups in total. The number of ether oxygens (including phenoxy) is 1. The summed E-state index contributed by atoms with van der Waals surface area (Å²) in [6.45, 7) is 2.07. The third-order valence-corrected chi connectivity index (χ3v) is 6.04. The van der Waals surface area contributed by atoms with E-state index in [-0.39, 0.29) is 17.8 Å². The number of carbonyl (C=O) groups is 1. The lowest BCUT2D eigenvalue weighted by molar-refractivity contribution is -0.116. The highest BCUT2D eigenvalue weighted by Gasteiger charge is 2.37. The number of nitrogens with one attached hydrogen (secondary N) is 2. The first-order valence-electron chi connectivity index (χ1n) is 9.67. The first-order valence-corrected chi connectivity index (χ1v) is 10.5. The zero-order valence-corrected chi connectivity index (χ0v) is 17.4. The Labute approximate surface area is 178 Å². The van der Waals surface area contributed by atoms with Crippen molar-refractivity contribution in [1.82, 2.24) is 14.9 Å². The van der Waals surface area contributed by atoms with Crippen LogP contribution < -0.4 is 15.5 Å². The monoisotopic (exact) mass is 427 g/mol. The van der Waals surface area contributed by atoms with E-state index in [9.17, 15) is 9.18 Å². The van der Waals surface area contributed by atoms with Crippen molar-refractivity contribution in [2.75, 3.05) is 17.9 Å². The van der Waals surface area contributed by atoms with Crippen molar-refractivity contribution < 1.29 is 13.9 Å². The summed E-state index contributed by atoms with van der Waals surface area (Å²) < 4.78 is 20.5. The second kappa shape index (κ2) is 8.74. The van der Waals surface area contributed by atoms with Crippen LogP contribution in [0.1, 0.15) is 30.8 Å². The average molecular weight is 428 g/mol. The fourth-order valence-corrected chi connectivity index (χ4v) is 4.39. The molecule has 1 aliphatic rings. The molecule has 2 heterocycles. The fourth-order valence-electron chi connectivity index (χ4n) is 3.29. The minimum atomic E-state index is -0.524. The molecule has 2 aromatic carbocycles. The van der Waals surface area contributed by atoms with E-state index in [1.54, 1.807) is 43.5 Å². The minimum absolute atomic E-state index is 0.182. The van der Waals surface area contributed by atoms with Gasteiger partial charge in [-0.15, -0.1) is 10.2 Å². The van der Waals surface area contributed by atoms with E-state index in [1.165, 1.54) is 23.9 Å². The Balaban J connectivity index is 1.63. The van der Waals surface area contributed by atoms with E-state index in [4.69, 9.17) is 4.74 Å². The van der Waals surface area contributed by atoms with Crippen LogP contribution in [0.15, 0.2) is 53.7 Å². The van der Waals surface area contributed by atoms with Crippen molar-refractivity contribution in [3.63, 3.8) is 0 Å². The maximum absolute atomic E-state index is 13.5. The summed E-state index contributed by atoms with van der Waals surface area (Å²) >= 11 is 1.34. The fraction of sp³-hybridized carbons (Fsp3) is 0.286. The Morgan fingerprint density at radius 1 is 1.20 bits per heavy atom. The van der Waals surface area contributed by atoms with Crippen LogP contribution in [-0.2, 0) is 11.2 Å². The van der Waals surface area contributed by atoms with Gasteiger partial charge in [0, 0.05) is 12.1 Å². The maximum atomic E-state index is 13.5. The maximum Gasteiger partial charge on any atom is 0.240 e. The van der Waals surface area contributed by atoms with Crippen LogP contribution in [0.4, 0.5) is 10.1 Å². The summed E-state index contributed by atoms with van der Waals surface area (Å²) in [5.41, 5.74) is 4.84. The first-order chi connectivity index (χ1) is 14.6. The van der Waals surface area contributed by atoms with Crippen LogP contribution in [0.5, 0.6) is 5.75 Å². The molecule has 0 fully saturated rings. The topological polar surface area (TPSA) is 81.1 Å². The van der Waals surface area contributed by atoms with Crippen molar-refractivity contribution in [1.29, 1.82) is 0 Å². The number of amides is 1. The lowest BCUT2D eigenvalue weighted by atomic mass is 10.0. The van der Waals surface area contributed by atoms with Crippen LogP contribution in [0.25, 0.3) is 0 Å². The lowest BCUT2D eigenvalue weighted by Gasteiger charge is -2.33.